The van der Waals surface area contributed by atoms with Gasteiger partial charge < -0.3 is 19.1 Å². The third-order valence-corrected chi connectivity index (χ3v) is 8.43. The molecule has 48 heavy (non-hydrogen) atoms. The van der Waals surface area contributed by atoms with Crippen molar-refractivity contribution >= 4 is 17.9 Å². The van der Waals surface area contributed by atoms with E-state index in [1.165, 1.54) is 64.2 Å². The van der Waals surface area contributed by atoms with Crippen LogP contribution in [-0.4, -0.2) is 62.8 Å². The molecule has 0 aromatic heterocycles. The molecule has 1 aliphatic rings. The Morgan fingerprint density at radius 2 is 1.04 bits per heavy atom. The van der Waals surface area contributed by atoms with Crippen LogP contribution in [0.15, 0.2) is 48.6 Å². The summed E-state index contributed by atoms with van der Waals surface area (Å²) in [4.78, 5) is 38.4. The summed E-state index contributed by atoms with van der Waals surface area (Å²) in [6.07, 6.45) is 41.0. The van der Waals surface area contributed by atoms with Crippen LogP contribution >= 0.6 is 0 Å². The molecule has 0 amide bonds. The average Bonchev–Trinajstić information content (AvgIpc) is 3.05. The lowest BCUT2D eigenvalue weighted by Gasteiger charge is -2.18. The predicted molar refractivity (Wildman–Crippen MR) is 198 cm³/mol. The number of hydrogen-bond acceptors (Lipinski definition) is 7. The minimum absolute atomic E-state index is 0.0289. The smallest absolute Gasteiger partial charge is 0.306 e. The van der Waals surface area contributed by atoms with E-state index in [0.29, 0.717) is 32.1 Å². The van der Waals surface area contributed by atoms with Crippen molar-refractivity contribution in [3.63, 3.8) is 0 Å². The highest BCUT2D eigenvalue weighted by Gasteiger charge is 2.14. The van der Waals surface area contributed by atoms with E-state index in [1.54, 1.807) is 0 Å². The Morgan fingerprint density at radius 3 is 1.50 bits per heavy atom. The molecule has 7 nitrogen and oxygen atoms in total. The van der Waals surface area contributed by atoms with Crippen molar-refractivity contribution in [1.82, 2.24) is 4.90 Å². The molecule has 1 rings (SSSR count). The predicted octanol–water partition coefficient (Wildman–Crippen LogP) is 10.1. The monoisotopic (exact) mass is 672 g/mol. The lowest BCUT2D eigenvalue weighted by atomic mass is 10.0. The van der Waals surface area contributed by atoms with Gasteiger partial charge in [-0.15, -0.1) is 0 Å². The first-order valence-corrected chi connectivity index (χ1v) is 19.2. The minimum Gasteiger partial charge on any atom is -0.462 e. The number of hydrogen-bond donors (Lipinski definition) is 0. The number of carbonyl (C=O) groups excluding carboxylic acids is 3. The zero-order chi connectivity index (χ0) is 34.8. The zero-order valence-electron chi connectivity index (χ0n) is 30.7. The number of allylic oxidation sites excluding steroid dienone is 8. The number of esters is 3. The van der Waals surface area contributed by atoms with Gasteiger partial charge >= 0.3 is 17.9 Å². The number of ether oxygens (including phenoxy) is 3. The molecule has 0 spiro atoms. The molecule has 0 N–H and O–H groups in total. The second-order valence-corrected chi connectivity index (χ2v) is 13.3. The van der Waals surface area contributed by atoms with Crippen molar-refractivity contribution in [1.29, 1.82) is 0 Å². The summed E-state index contributed by atoms with van der Waals surface area (Å²) < 4.78 is 16.3. The summed E-state index contributed by atoms with van der Waals surface area (Å²) in [5.41, 5.74) is 0. The van der Waals surface area contributed by atoms with Crippen LogP contribution in [0.4, 0.5) is 0 Å². The van der Waals surface area contributed by atoms with E-state index in [9.17, 15) is 14.4 Å². The molecule has 0 unspecified atom stereocenters. The van der Waals surface area contributed by atoms with Crippen molar-refractivity contribution in [2.75, 3.05) is 33.9 Å². The van der Waals surface area contributed by atoms with Crippen molar-refractivity contribution in [3.05, 3.63) is 48.6 Å². The Morgan fingerprint density at radius 1 is 0.625 bits per heavy atom. The van der Waals surface area contributed by atoms with Crippen LogP contribution in [0, 0.1) is 0 Å². The standard InChI is InChI=1S/C41H69NO6/c1-42(2)35-29-34-41(45)48-38-30-25-21-17-13-9-5-3-7-11-15-19-23-27-32-39(43)46-36-37-47-40(44)33-28-24-20-16-12-8-4-6-10-14-18-22-26-31-38/h7-8,11-12,19-20,23-24,38H,3-6,9-10,13-18,21-22,25-37H2,1-2H3/b11-7-,12-8-,23-19-,24-20-. The van der Waals surface area contributed by atoms with Crippen molar-refractivity contribution in [3.8, 4) is 0 Å². The van der Waals surface area contributed by atoms with Crippen LogP contribution in [0.2, 0.25) is 0 Å². The largest absolute Gasteiger partial charge is 0.462 e. The van der Waals surface area contributed by atoms with Gasteiger partial charge in [0.25, 0.3) is 0 Å². The Labute approximate surface area is 293 Å². The maximum atomic E-state index is 12.5. The van der Waals surface area contributed by atoms with Crippen LogP contribution < -0.4 is 0 Å². The average molecular weight is 672 g/mol. The zero-order valence-corrected chi connectivity index (χ0v) is 30.7. The maximum Gasteiger partial charge on any atom is 0.306 e. The molecule has 7 heteroatoms. The molecule has 0 atom stereocenters. The Bertz CT molecular complexity index is 862. The van der Waals surface area contributed by atoms with Crippen molar-refractivity contribution < 1.29 is 28.6 Å². The molecule has 0 aliphatic carbocycles. The quantitative estimate of drug-likeness (QED) is 0.163. The van der Waals surface area contributed by atoms with Gasteiger partial charge in [-0.1, -0.05) is 100.0 Å². The highest BCUT2D eigenvalue weighted by atomic mass is 16.6. The molecule has 0 fully saturated rings. The Kier molecular flexibility index (Phi) is 29.7. The fourth-order valence-electron chi connectivity index (χ4n) is 5.60. The van der Waals surface area contributed by atoms with E-state index >= 15 is 0 Å². The topological polar surface area (TPSA) is 82.1 Å². The normalized spacial score (nSPS) is 22.7. The van der Waals surface area contributed by atoms with Crippen LogP contribution in [0.1, 0.15) is 154 Å². The highest BCUT2D eigenvalue weighted by Crippen LogP contribution is 2.18. The van der Waals surface area contributed by atoms with Gasteiger partial charge in [-0.2, -0.15) is 0 Å². The molecule has 0 bridgehead atoms. The molecular weight excluding hydrogens is 602 g/mol. The third kappa shape index (κ3) is 30.7. The lowest BCUT2D eigenvalue weighted by Crippen LogP contribution is -2.20. The van der Waals surface area contributed by atoms with Crippen LogP contribution in [0.5, 0.6) is 0 Å². The first kappa shape index (κ1) is 43.4. The van der Waals surface area contributed by atoms with Crippen molar-refractivity contribution in [2.45, 2.75) is 160 Å². The van der Waals surface area contributed by atoms with Gasteiger partial charge in [-0.05, 0) is 104 Å². The van der Waals surface area contributed by atoms with E-state index in [-0.39, 0.29) is 37.2 Å². The van der Waals surface area contributed by atoms with Crippen LogP contribution in [0.3, 0.4) is 0 Å². The summed E-state index contributed by atoms with van der Waals surface area (Å²) in [6.45, 7) is 1.12. The Hall–Kier alpha value is -2.67. The summed E-state index contributed by atoms with van der Waals surface area (Å²) in [6, 6.07) is 0. The molecule has 0 aromatic rings. The lowest BCUT2D eigenvalue weighted by molar-refractivity contribution is -0.152. The maximum absolute atomic E-state index is 12.5. The van der Waals surface area contributed by atoms with Gasteiger partial charge in [0, 0.05) is 19.3 Å². The molecule has 274 valence electrons. The van der Waals surface area contributed by atoms with E-state index in [1.807, 2.05) is 26.2 Å². The summed E-state index contributed by atoms with van der Waals surface area (Å²) in [5, 5.41) is 0. The van der Waals surface area contributed by atoms with Gasteiger partial charge in [0.1, 0.15) is 19.3 Å². The number of rotatable bonds is 5. The van der Waals surface area contributed by atoms with Crippen molar-refractivity contribution in [2.24, 2.45) is 0 Å². The first-order chi connectivity index (χ1) is 23.5. The summed E-state index contributed by atoms with van der Waals surface area (Å²) in [5.74, 6) is -0.565. The highest BCUT2D eigenvalue weighted by molar-refractivity contribution is 5.70. The fourth-order valence-corrected chi connectivity index (χ4v) is 5.60. The van der Waals surface area contributed by atoms with Crippen LogP contribution in [-0.2, 0) is 28.6 Å². The molecular formula is C41H69NO6. The van der Waals surface area contributed by atoms with Gasteiger partial charge in [-0.3, -0.25) is 14.4 Å². The Balaban J connectivity index is 2.46. The van der Waals surface area contributed by atoms with E-state index in [0.717, 1.165) is 64.3 Å². The summed E-state index contributed by atoms with van der Waals surface area (Å²) in [7, 11) is 4.08. The minimum atomic E-state index is -0.268. The van der Waals surface area contributed by atoms with E-state index in [2.05, 4.69) is 41.4 Å². The molecule has 1 heterocycles. The van der Waals surface area contributed by atoms with Gasteiger partial charge in [0.05, 0.1) is 0 Å². The first-order valence-electron chi connectivity index (χ1n) is 19.2. The number of nitrogens with zero attached hydrogens (tertiary/aromatic N) is 1. The second kappa shape index (κ2) is 32.9. The van der Waals surface area contributed by atoms with Gasteiger partial charge in [-0.25, -0.2) is 0 Å². The third-order valence-electron chi connectivity index (χ3n) is 8.43. The van der Waals surface area contributed by atoms with E-state index in [4.69, 9.17) is 14.2 Å². The number of cyclic esters (lactones) is 2. The SMILES string of the molecule is CN(C)CCCC(=O)OC1CCCCCCCC/C=C\C/C=C\CCC(=O)OCCOC(=O)CC/C=C\C/C=C\CCCCCCCC1. The molecule has 0 saturated carbocycles. The molecule has 0 aromatic carbocycles. The molecule has 1 aliphatic heterocycles. The van der Waals surface area contributed by atoms with E-state index < -0.39 is 0 Å². The second-order valence-electron chi connectivity index (χ2n) is 13.3. The summed E-state index contributed by atoms with van der Waals surface area (Å²) >= 11 is 0. The fraction of sp³-hybridized carbons (Fsp3) is 0.732. The molecule has 0 saturated heterocycles. The van der Waals surface area contributed by atoms with Crippen LogP contribution in [0.25, 0.3) is 0 Å². The van der Waals surface area contributed by atoms with Gasteiger partial charge in [0.2, 0.25) is 0 Å². The van der Waals surface area contributed by atoms with Gasteiger partial charge in [0.15, 0.2) is 0 Å². The number of carbonyl (C=O) groups is 3. The molecule has 0 radical (unpaired) electrons.